The number of rotatable bonds is 5. The van der Waals surface area contributed by atoms with E-state index < -0.39 is 0 Å². The molecule has 64 valence electrons. The van der Waals surface area contributed by atoms with E-state index in [2.05, 4.69) is 0 Å². The van der Waals surface area contributed by atoms with Crippen molar-refractivity contribution < 1.29 is 9.90 Å². The Morgan fingerprint density at radius 3 is 2.64 bits per heavy atom. The van der Waals surface area contributed by atoms with Gasteiger partial charge in [-0.15, -0.1) is 0 Å². The molecule has 0 rings (SSSR count). The summed E-state index contributed by atoms with van der Waals surface area (Å²) >= 11 is 0. The van der Waals surface area contributed by atoms with Crippen LogP contribution in [0.5, 0.6) is 0 Å². The van der Waals surface area contributed by atoms with Crippen LogP contribution < -0.4 is 5.73 Å². The van der Waals surface area contributed by atoms with E-state index >= 15 is 0 Å². The number of hydrogen-bond acceptors (Lipinski definition) is 2. The first-order valence-corrected chi connectivity index (χ1v) is 3.76. The Morgan fingerprint density at radius 2 is 2.18 bits per heavy atom. The molecular formula is C8H15NO2. The molecule has 0 aromatic rings. The number of nitrogens with two attached hydrogens (primary N) is 1. The van der Waals surface area contributed by atoms with Gasteiger partial charge in [-0.3, -0.25) is 4.79 Å². The van der Waals surface area contributed by atoms with E-state index in [9.17, 15) is 4.79 Å². The Balaban J connectivity index is 3.48. The van der Waals surface area contributed by atoms with Gasteiger partial charge >= 0.3 is 0 Å². The van der Waals surface area contributed by atoms with Crippen molar-refractivity contribution in [1.29, 1.82) is 0 Å². The normalized spacial score (nSPS) is 11.6. The van der Waals surface area contributed by atoms with Crippen LogP contribution in [0.1, 0.15) is 26.2 Å². The van der Waals surface area contributed by atoms with E-state index in [-0.39, 0.29) is 12.5 Å². The number of amides is 1. The zero-order chi connectivity index (χ0) is 8.69. The SMILES string of the molecule is CC(=CCCCCO)C(N)=O. The Hall–Kier alpha value is -0.830. The highest BCUT2D eigenvalue weighted by Gasteiger charge is 1.94. The van der Waals surface area contributed by atoms with Gasteiger partial charge in [-0.2, -0.15) is 0 Å². The van der Waals surface area contributed by atoms with Crippen molar-refractivity contribution in [1.82, 2.24) is 0 Å². The van der Waals surface area contributed by atoms with Gasteiger partial charge in [0.1, 0.15) is 0 Å². The molecule has 0 aliphatic carbocycles. The fraction of sp³-hybridized carbons (Fsp3) is 0.625. The van der Waals surface area contributed by atoms with Crippen LogP contribution in [0.2, 0.25) is 0 Å². The average Bonchev–Trinajstić information content (AvgIpc) is 1.97. The average molecular weight is 157 g/mol. The first-order valence-electron chi connectivity index (χ1n) is 3.76. The lowest BCUT2D eigenvalue weighted by molar-refractivity contribution is -0.114. The zero-order valence-corrected chi connectivity index (χ0v) is 6.84. The summed E-state index contributed by atoms with van der Waals surface area (Å²) in [5, 5.41) is 8.43. The van der Waals surface area contributed by atoms with Crippen LogP contribution in [-0.2, 0) is 4.79 Å². The van der Waals surface area contributed by atoms with Gasteiger partial charge in [0, 0.05) is 12.2 Å². The predicted molar refractivity (Wildman–Crippen MR) is 43.9 cm³/mol. The maximum atomic E-state index is 10.5. The lowest BCUT2D eigenvalue weighted by atomic mass is 10.2. The molecule has 0 bridgehead atoms. The first-order chi connectivity index (χ1) is 5.18. The van der Waals surface area contributed by atoms with Crippen molar-refractivity contribution in [3.05, 3.63) is 11.6 Å². The van der Waals surface area contributed by atoms with Crippen molar-refractivity contribution in [3.63, 3.8) is 0 Å². The topological polar surface area (TPSA) is 63.3 Å². The van der Waals surface area contributed by atoms with E-state index in [0.29, 0.717) is 5.57 Å². The van der Waals surface area contributed by atoms with Crippen molar-refractivity contribution >= 4 is 5.91 Å². The van der Waals surface area contributed by atoms with Crippen LogP contribution in [-0.4, -0.2) is 17.6 Å². The number of hydrogen-bond donors (Lipinski definition) is 2. The van der Waals surface area contributed by atoms with Crippen LogP contribution in [0.25, 0.3) is 0 Å². The highest BCUT2D eigenvalue weighted by atomic mass is 16.2. The molecular weight excluding hydrogens is 142 g/mol. The highest BCUT2D eigenvalue weighted by Crippen LogP contribution is 1.99. The molecule has 3 nitrogen and oxygen atoms in total. The number of primary amides is 1. The molecule has 0 radical (unpaired) electrons. The second kappa shape index (κ2) is 5.92. The number of unbranched alkanes of at least 4 members (excludes halogenated alkanes) is 2. The molecule has 0 aliphatic heterocycles. The largest absolute Gasteiger partial charge is 0.396 e. The number of carbonyl (C=O) groups is 1. The van der Waals surface area contributed by atoms with Gasteiger partial charge < -0.3 is 10.8 Å². The van der Waals surface area contributed by atoms with E-state index in [1.54, 1.807) is 13.0 Å². The standard InChI is InChI=1S/C8H15NO2/c1-7(8(9)11)5-3-2-4-6-10/h5,10H,2-4,6H2,1H3,(H2,9,11). The molecule has 3 N–H and O–H groups in total. The van der Waals surface area contributed by atoms with Gasteiger partial charge in [-0.1, -0.05) is 6.08 Å². The minimum atomic E-state index is -0.367. The third kappa shape index (κ3) is 5.61. The summed E-state index contributed by atoms with van der Waals surface area (Å²) in [6, 6.07) is 0. The molecule has 0 atom stereocenters. The van der Waals surface area contributed by atoms with Crippen molar-refractivity contribution in [2.75, 3.05) is 6.61 Å². The molecule has 3 heteroatoms. The summed E-state index contributed by atoms with van der Waals surface area (Å²) in [6.07, 6.45) is 4.30. The second-order valence-electron chi connectivity index (χ2n) is 2.47. The van der Waals surface area contributed by atoms with E-state index in [1.807, 2.05) is 0 Å². The Kier molecular flexibility index (Phi) is 5.47. The number of aliphatic hydroxyl groups excluding tert-OH is 1. The fourth-order valence-corrected chi connectivity index (χ4v) is 0.675. The fourth-order valence-electron chi connectivity index (χ4n) is 0.675. The highest BCUT2D eigenvalue weighted by molar-refractivity contribution is 5.91. The molecule has 0 fully saturated rings. The number of carbonyl (C=O) groups excluding carboxylic acids is 1. The Labute approximate surface area is 66.9 Å². The molecule has 0 aromatic heterocycles. The van der Waals surface area contributed by atoms with Crippen LogP contribution in [0.4, 0.5) is 0 Å². The lowest BCUT2D eigenvalue weighted by Gasteiger charge is -1.94. The van der Waals surface area contributed by atoms with Gasteiger partial charge in [0.25, 0.3) is 0 Å². The minimum Gasteiger partial charge on any atom is -0.396 e. The molecule has 0 unspecified atom stereocenters. The quantitative estimate of drug-likeness (QED) is 0.453. The molecule has 0 aliphatic rings. The number of aliphatic hydroxyl groups is 1. The summed E-state index contributed by atoms with van der Waals surface area (Å²) in [5.74, 6) is -0.367. The third-order valence-electron chi connectivity index (χ3n) is 1.45. The summed E-state index contributed by atoms with van der Waals surface area (Å²) in [5.41, 5.74) is 5.59. The maximum Gasteiger partial charge on any atom is 0.244 e. The molecule has 11 heavy (non-hydrogen) atoms. The Bertz CT molecular complexity index is 152. The monoisotopic (exact) mass is 157 g/mol. The summed E-state index contributed by atoms with van der Waals surface area (Å²) in [6.45, 7) is 1.91. The summed E-state index contributed by atoms with van der Waals surface area (Å²) < 4.78 is 0. The molecule has 0 spiro atoms. The zero-order valence-electron chi connectivity index (χ0n) is 6.84. The second-order valence-corrected chi connectivity index (χ2v) is 2.47. The van der Waals surface area contributed by atoms with E-state index in [0.717, 1.165) is 19.3 Å². The van der Waals surface area contributed by atoms with E-state index in [4.69, 9.17) is 10.8 Å². The third-order valence-corrected chi connectivity index (χ3v) is 1.45. The van der Waals surface area contributed by atoms with Crippen LogP contribution in [0.15, 0.2) is 11.6 Å². The van der Waals surface area contributed by atoms with Crippen molar-refractivity contribution in [3.8, 4) is 0 Å². The van der Waals surface area contributed by atoms with Gasteiger partial charge in [0.05, 0.1) is 0 Å². The van der Waals surface area contributed by atoms with E-state index in [1.165, 1.54) is 0 Å². The molecule has 0 saturated heterocycles. The molecule has 0 heterocycles. The maximum absolute atomic E-state index is 10.5. The summed E-state index contributed by atoms with van der Waals surface area (Å²) in [4.78, 5) is 10.5. The van der Waals surface area contributed by atoms with Gasteiger partial charge in [-0.25, -0.2) is 0 Å². The number of allylic oxidation sites excluding steroid dienone is 1. The lowest BCUT2D eigenvalue weighted by Crippen LogP contribution is -2.11. The summed E-state index contributed by atoms with van der Waals surface area (Å²) in [7, 11) is 0. The van der Waals surface area contributed by atoms with Gasteiger partial charge in [0.15, 0.2) is 0 Å². The molecule has 0 saturated carbocycles. The molecule has 1 amide bonds. The van der Waals surface area contributed by atoms with Crippen LogP contribution in [0, 0.1) is 0 Å². The van der Waals surface area contributed by atoms with Gasteiger partial charge in [-0.05, 0) is 26.2 Å². The predicted octanol–water partition coefficient (Wildman–Crippen LogP) is 0.581. The smallest absolute Gasteiger partial charge is 0.244 e. The van der Waals surface area contributed by atoms with Crippen molar-refractivity contribution in [2.24, 2.45) is 5.73 Å². The first kappa shape index (κ1) is 10.2. The van der Waals surface area contributed by atoms with Crippen molar-refractivity contribution in [2.45, 2.75) is 26.2 Å². The minimum absolute atomic E-state index is 0.212. The van der Waals surface area contributed by atoms with Crippen LogP contribution in [0.3, 0.4) is 0 Å². The molecule has 0 aromatic carbocycles. The van der Waals surface area contributed by atoms with Gasteiger partial charge in [0.2, 0.25) is 5.91 Å². The Morgan fingerprint density at radius 1 is 1.55 bits per heavy atom. The van der Waals surface area contributed by atoms with Crippen LogP contribution >= 0.6 is 0 Å².